The van der Waals surface area contributed by atoms with Gasteiger partial charge >= 0.3 is 0 Å². The first-order valence-electron chi connectivity index (χ1n) is 5.12. The van der Waals surface area contributed by atoms with E-state index < -0.39 is 0 Å². The van der Waals surface area contributed by atoms with Crippen LogP contribution in [0.15, 0.2) is 21.3 Å². The summed E-state index contributed by atoms with van der Waals surface area (Å²) in [4.78, 5) is 15.0. The summed E-state index contributed by atoms with van der Waals surface area (Å²) >= 11 is 11.7. The maximum absolute atomic E-state index is 12.3. The highest BCUT2D eigenvalue weighted by atomic mass is 35.5. The third-order valence-corrected chi connectivity index (χ3v) is 3.31. The summed E-state index contributed by atoms with van der Waals surface area (Å²) in [5.41, 5.74) is 0.880. The van der Waals surface area contributed by atoms with Crippen molar-refractivity contribution in [1.82, 2.24) is 4.98 Å². The number of aromatic amines is 1. The summed E-state index contributed by atoms with van der Waals surface area (Å²) in [5, 5.41) is 10.7. The number of nitrogens with one attached hydrogen (secondary N) is 1. The second-order valence-corrected chi connectivity index (χ2v) is 4.83. The second-order valence-electron chi connectivity index (χ2n) is 4.02. The summed E-state index contributed by atoms with van der Waals surface area (Å²) < 4.78 is 5.56. The standard InChI is InChI=1S/C12H7Cl2NO3/c1-4-2-6(13)10(17)8-9(16)5-3-7(14)15-12(5)18-11(4)8/h2-3,15,17H,1H3. The van der Waals surface area contributed by atoms with E-state index in [0.29, 0.717) is 16.3 Å². The fourth-order valence-electron chi connectivity index (χ4n) is 1.98. The summed E-state index contributed by atoms with van der Waals surface area (Å²) in [7, 11) is 0. The first-order valence-corrected chi connectivity index (χ1v) is 5.87. The number of aromatic nitrogens is 1. The number of aromatic hydroxyl groups is 1. The van der Waals surface area contributed by atoms with Crippen molar-refractivity contribution in [3.05, 3.63) is 38.1 Å². The van der Waals surface area contributed by atoms with Crippen molar-refractivity contribution < 1.29 is 9.52 Å². The third kappa shape index (κ3) is 1.43. The van der Waals surface area contributed by atoms with Crippen LogP contribution in [0.1, 0.15) is 5.56 Å². The lowest BCUT2D eigenvalue weighted by molar-refractivity contribution is 0.480. The van der Waals surface area contributed by atoms with Gasteiger partial charge in [0.05, 0.1) is 10.4 Å². The minimum Gasteiger partial charge on any atom is -0.505 e. The van der Waals surface area contributed by atoms with Gasteiger partial charge in [-0.05, 0) is 24.6 Å². The molecule has 0 fully saturated rings. The van der Waals surface area contributed by atoms with Crippen LogP contribution in [-0.2, 0) is 0 Å². The van der Waals surface area contributed by atoms with Gasteiger partial charge in [-0.2, -0.15) is 0 Å². The number of rotatable bonds is 0. The zero-order chi connectivity index (χ0) is 13.0. The van der Waals surface area contributed by atoms with Gasteiger partial charge in [0.25, 0.3) is 0 Å². The van der Waals surface area contributed by atoms with E-state index in [-0.39, 0.29) is 32.7 Å². The molecule has 0 bridgehead atoms. The van der Waals surface area contributed by atoms with Gasteiger partial charge < -0.3 is 14.5 Å². The van der Waals surface area contributed by atoms with Crippen molar-refractivity contribution in [2.45, 2.75) is 6.92 Å². The Hall–Kier alpha value is -1.65. The molecule has 0 unspecified atom stereocenters. The molecule has 0 atom stereocenters. The van der Waals surface area contributed by atoms with Crippen LogP contribution in [0.4, 0.5) is 0 Å². The molecule has 2 N–H and O–H groups in total. The maximum Gasteiger partial charge on any atom is 0.209 e. The van der Waals surface area contributed by atoms with Crippen LogP contribution in [0.25, 0.3) is 22.1 Å². The van der Waals surface area contributed by atoms with E-state index >= 15 is 0 Å². The smallest absolute Gasteiger partial charge is 0.209 e. The predicted molar refractivity (Wildman–Crippen MR) is 70.8 cm³/mol. The number of benzene rings is 1. The van der Waals surface area contributed by atoms with Crippen molar-refractivity contribution in [2.75, 3.05) is 0 Å². The average molecular weight is 284 g/mol. The number of hydrogen-bond donors (Lipinski definition) is 2. The molecule has 0 aliphatic rings. The van der Waals surface area contributed by atoms with Gasteiger partial charge in [-0.3, -0.25) is 4.79 Å². The molecule has 0 saturated heterocycles. The largest absolute Gasteiger partial charge is 0.505 e. The number of hydrogen-bond acceptors (Lipinski definition) is 3. The van der Waals surface area contributed by atoms with Crippen LogP contribution in [0.5, 0.6) is 5.75 Å². The van der Waals surface area contributed by atoms with Crippen LogP contribution in [0, 0.1) is 6.92 Å². The molecule has 18 heavy (non-hydrogen) atoms. The topological polar surface area (TPSA) is 66.2 Å². The Morgan fingerprint density at radius 1 is 1.33 bits per heavy atom. The van der Waals surface area contributed by atoms with Gasteiger partial charge in [-0.15, -0.1) is 0 Å². The first-order chi connectivity index (χ1) is 8.49. The molecular weight excluding hydrogens is 277 g/mol. The van der Waals surface area contributed by atoms with Crippen LogP contribution >= 0.6 is 23.2 Å². The Morgan fingerprint density at radius 3 is 2.78 bits per heavy atom. The van der Waals surface area contributed by atoms with Gasteiger partial charge in [-0.25, -0.2) is 0 Å². The number of phenolic OH excluding ortho intramolecular Hbond substituents is 1. The Balaban J connectivity index is 2.68. The lowest BCUT2D eigenvalue weighted by Gasteiger charge is -2.05. The fourth-order valence-corrected chi connectivity index (χ4v) is 2.43. The molecule has 4 nitrogen and oxygen atoms in total. The average Bonchev–Trinajstić information content (AvgIpc) is 2.67. The van der Waals surface area contributed by atoms with Crippen molar-refractivity contribution in [2.24, 2.45) is 0 Å². The lowest BCUT2D eigenvalue weighted by atomic mass is 10.1. The molecule has 3 aromatic rings. The molecule has 0 spiro atoms. The highest BCUT2D eigenvalue weighted by Gasteiger charge is 2.17. The SMILES string of the molecule is Cc1cc(Cl)c(O)c2c(=O)c3cc(Cl)[nH]c3oc12. The van der Waals surface area contributed by atoms with Gasteiger partial charge in [0.2, 0.25) is 11.1 Å². The molecular formula is C12H7Cl2NO3. The first kappa shape index (κ1) is 11.4. The molecule has 92 valence electrons. The molecule has 1 aromatic carbocycles. The maximum atomic E-state index is 12.3. The van der Waals surface area contributed by atoms with Gasteiger partial charge in [0.15, 0.2) is 0 Å². The van der Waals surface area contributed by atoms with Crippen molar-refractivity contribution in [3.63, 3.8) is 0 Å². The van der Waals surface area contributed by atoms with Crippen molar-refractivity contribution in [1.29, 1.82) is 0 Å². The molecule has 2 heterocycles. The summed E-state index contributed by atoms with van der Waals surface area (Å²) in [6.07, 6.45) is 0. The zero-order valence-corrected chi connectivity index (χ0v) is 10.7. The van der Waals surface area contributed by atoms with Crippen molar-refractivity contribution in [3.8, 4) is 5.75 Å². The molecule has 0 amide bonds. The molecule has 2 aromatic heterocycles. The molecule has 0 aliphatic carbocycles. The lowest BCUT2D eigenvalue weighted by Crippen LogP contribution is -2.02. The van der Waals surface area contributed by atoms with Gasteiger partial charge in [0.1, 0.15) is 21.9 Å². The fraction of sp³-hybridized carbons (Fsp3) is 0.0833. The Bertz CT molecular complexity index is 848. The van der Waals surface area contributed by atoms with Crippen LogP contribution < -0.4 is 5.43 Å². The van der Waals surface area contributed by atoms with E-state index in [1.54, 1.807) is 13.0 Å². The second kappa shape index (κ2) is 3.67. The number of fused-ring (bicyclic) bond motifs is 2. The Kier molecular flexibility index (Phi) is 2.33. The Labute approximate surface area is 111 Å². The van der Waals surface area contributed by atoms with E-state index in [1.807, 2.05) is 0 Å². The molecule has 3 rings (SSSR count). The quantitative estimate of drug-likeness (QED) is 0.663. The summed E-state index contributed by atoms with van der Waals surface area (Å²) in [5.74, 6) is -0.273. The number of halogens is 2. The van der Waals surface area contributed by atoms with E-state index in [1.165, 1.54) is 6.07 Å². The van der Waals surface area contributed by atoms with E-state index in [0.717, 1.165) is 0 Å². The van der Waals surface area contributed by atoms with Crippen LogP contribution in [-0.4, -0.2) is 10.1 Å². The zero-order valence-electron chi connectivity index (χ0n) is 9.17. The van der Waals surface area contributed by atoms with Gasteiger partial charge in [-0.1, -0.05) is 23.2 Å². The highest BCUT2D eigenvalue weighted by molar-refractivity contribution is 6.33. The van der Waals surface area contributed by atoms with E-state index in [2.05, 4.69) is 4.98 Å². The molecule has 6 heteroatoms. The number of aryl methyl sites for hydroxylation is 1. The van der Waals surface area contributed by atoms with Crippen LogP contribution in [0.3, 0.4) is 0 Å². The van der Waals surface area contributed by atoms with E-state index in [9.17, 15) is 9.90 Å². The highest BCUT2D eigenvalue weighted by Crippen LogP contribution is 2.34. The molecule has 0 saturated carbocycles. The van der Waals surface area contributed by atoms with Gasteiger partial charge in [0, 0.05) is 0 Å². The third-order valence-electron chi connectivity index (χ3n) is 2.82. The number of H-pyrrole nitrogens is 1. The summed E-state index contributed by atoms with van der Waals surface area (Å²) in [6, 6.07) is 3.00. The normalized spacial score (nSPS) is 11.5. The monoisotopic (exact) mass is 283 g/mol. The molecule has 0 aliphatic heterocycles. The van der Waals surface area contributed by atoms with Crippen LogP contribution in [0.2, 0.25) is 10.2 Å². The minimum atomic E-state index is -0.363. The minimum absolute atomic E-state index is 0.0724. The predicted octanol–water partition coefficient (Wildman–Crippen LogP) is 3.60. The van der Waals surface area contributed by atoms with Crippen molar-refractivity contribution >= 4 is 45.3 Å². The Morgan fingerprint density at radius 2 is 2.06 bits per heavy atom. The number of phenols is 1. The summed E-state index contributed by atoms with van der Waals surface area (Å²) in [6.45, 7) is 1.74. The van der Waals surface area contributed by atoms with E-state index in [4.69, 9.17) is 27.6 Å². The molecule has 0 radical (unpaired) electrons.